The summed E-state index contributed by atoms with van der Waals surface area (Å²) in [5, 5.41) is 3.14. The van der Waals surface area contributed by atoms with Gasteiger partial charge in [-0.05, 0) is 45.4 Å². The van der Waals surface area contributed by atoms with Gasteiger partial charge in [0.2, 0.25) is 5.91 Å². The van der Waals surface area contributed by atoms with Crippen LogP contribution in [0.25, 0.3) is 0 Å². The van der Waals surface area contributed by atoms with Crippen LogP contribution in [0.1, 0.15) is 53.4 Å². The van der Waals surface area contributed by atoms with Crippen LogP contribution in [-0.2, 0) is 4.79 Å². The van der Waals surface area contributed by atoms with Crippen molar-refractivity contribution >= 4 is 23.1 Å². The van der Waals surface area contributed by atoms with Gasteiger partial charge in [0.15, 0.2) is 0 Å². The summed E-state index contributed by atoms with van der Waals surface area (Å²) in [6, 6.07) is 0. The molecule has 0 radical (unpaired) electrons. The topological polar surface area (TPSA) is 55.1 Å². The molecule has 0 spiro atoms. The number of hydrogen-bond acceptors (Lipinski definition) is 2. The molecular weight excluding hydrogens is 232 g/mol. The third-order valence-corrected chi connectivity index (χ3v) is 4.54. The summed E-state index contributed by atoms with van der Waals surface area (Å²) in [6.45, 7) is 8.09. The summed E-state index contributed by atoms with van der Waals surface area (Å²) < 4.78 is 0. The summed E-state index contributed by atoms with van der Waals surface area (Å²) in [4.78, 5) is 12.7. The van der Waals surface area contributed by atoms with Crippen molar-refractivity contribution < 1.29 is 4.79 Å². The van der Waals surface area contributed by atoms with Gasteiger partial charge in [-0.2, -0.15) is 0 Å². The summed E-state index contributed by atoms with van der Waals surface area (Å²) in [5.41, 5.74) is 4.95. The van der Waals surface area contributed by atoms with Crippen LogP contribution in [0.4, 0.5) is 0 Å². The highest BCUT2D eigenvalue weighted by atomic mass is 32.1. The van der Waals surface area contributed by atoms with Crippen LogP contribution in [0.5, 0.6) is 0 Å². The van der Waals surface area contributed by atoms with E-state index in [4.69, 9.17) is 18.0 Å². The zero-order chi connectivity index (χ0) is 13.3. The largest absolute Gasteiger partial charge is 0.392 e. The lowest BCUT2D eigenvalue weighted by Gasteiger charge is -2.35. The molecule has 0 saturated heterocycles. The van der Waals surface area contributed by atoms with Crippen molar-refractivity contribution in [3.05, 3.63) is 0 Å². The molecule has 0 aliphatic heterocycles. The molecule has 0 unspecified atom stereocenters. The number of carbonyl (C=O) groups excluding carboxylic acids is 1. The Morgan fingerprint density at radius 2 is 1.82 bits per heavy atom. The fraction of sp³-hybridized carbons (Fsp3) is 0.846. The van der Waals surface area contributed by atoms with Gasteiger partial charge < -0.3 is 11.1 Å². The van der Waals surface area contributed by atoms with Gasteiger partial charge in [-0.25, -0.2) is 0 Å². The first-order valence-electron chi connectivity index (χ1n) is 6.42. The highest BCUT2D eigenvalue weighted by Crippen LogP contribution is 2.40. The molecule has 0 aromatic carbocycles. The smallest absolute Gasteiger partial charge is 0.233 e. The Bertz CT molecular complexity index is 317. The molecule has 1 rings (SSSR count). The molecule has 1 amide bonds. The van der Waals surface area contributed by atoms with Crippen molar-refractivity contribution in [3.8, 4) is 0 Å². The van der Waals surface area contributed by atoms with E-state index in [0.717, 1.165) is 0 Å². The van der Waals surface area contributed by atoms with E-state index >= 15 is 0 Å². The van der Waals surface area contributed by atoms with Crippen molar-refractivity contribution in [1.29, 1.82) is 0 Å². The van der Waals surface area contributed by atoms with E-state index in [1.165, 1.54) is 12.8 Å². The molecule has 0 bridgehead atoms. The van der Waals surface area contributed by atoms with Crippen molar-refractivity contribution in [2.45, 2.75) is 58.9 Å². The highest BCUT2D eigenvalue weighted by Gasteiger charge is 2.44. The van der Waals surface area contributed by atoms with Gasteiger partial charge in [0.25, 0.3) is 0 Å². The van der Waals surface area contributed by atoms with Crippen LogP contribution in [-0.4, -0.2) is 16.4 Å². The van der Waals surface area contributed by atoms with Crippen LogP contribution in [0.2, 0.25) is 0 Å². The van der Waals surface area contributed by atoms with Crippen molar-refractivity contribution in [2.24, 2.45) is 17.1 Å². The predicted octanol–water partition coefficient (Wildman–Crippen LogP) is 2.38. The van der Waals surface area contributed by atoms with E-state index in [-0.39, 0.29) is 11.4 Å². The Kier molecular flexibility index (Phi) is 4.18. The van der Waals surface area contributed by atoms with Gasteiger partial charge in [0, 0.05) is 5.54 Å². The molecular formula is C13H24N2OS. The number of amides is 1. The highest BCUT2D eigenvalue weighted by molar-refractivity contribution is 7.80. The van der Waals surface area contributed by atoms with Gasteiger partial charge in [0.1, 0.15) is 0 Å². The SMILES string of the molecule is CCC(CC)(C(=O)NC(C)(C)C1CC1)C(N)=S. The molecule has 17 heavy (non-hydrogen) atoms. The third-order valence-electron chi connectivity index (χ3n) is 4.15. The first-order valence-corrected chi connectivity index (χ1v) is 6.83. The normalized spacial score (nSPS) is 16.7. The van der Waals surface area contributed by atoms with E-state index in [1.54, 1.807) is 0 Å². The van der Waals surface area contributed by atoms with Gasteiger partial charge in [0.05, 0.1) is 10.4 Å². The van der Waals surface area contributed by atoms with Gasteiger partial charge in [-0.1, -0.05) is 26.1 Å². The fourth-order valence-corrected chi connectivity index (χ4v) is 2.73. The number of thiocarbonyl (C=S) groups is 1. The molecule has 0 aromatic rings. The number of rotatable bonds is 6. The van der Waals surface area contributed by atoms with Gasteiger partial charge in [-0.3, -0.25) is 4.79 Å². The molecule has 3 N–H and O–H groups in total. The summed E-state index contributed by atoms with van der Waals surface area (Å²) >= 11 is 5.09. The van der Waals surface area contributed by atoms with Gasteiger partial charge >= 0.3 is 0 Å². The molecule has 4 heteroatoms. The van der Waals surface area contributed by atoms with Crippen LogP contribution in [0.3, 0.4) is 0 Å². The minimum Gasteiger partial charge on any atom is -0.392 e. The molecule has 1 fully saturated rings. The van der Waals surface area contributed by atoms with Crippen LogP contribution in [0, 0.1) is 11.3 Å². The first kappa shape index (κ1) is 14.4. The maximum absolute atomic E-state index is 12.4. The fourth-order valence-electron chi connectivity index (χ4n) is 2.35. The first-order chi connectivity index (χ1) is 7.80. The summed E-state index contributed by atoms with van der Waals surface area (Å²) in [7, 11) is 0. The van der Waals surface area contributed by atoms with Crippen LogP contribution < -0.4 is 11.1 Å². The molecule has 3 nitrogen and oxygen atoms in total. The Morgan fingerprint density at radius 1 is 1.35 bits per heavy atom. The monoisotopic (exact) mass is 256 g/mol. The number of nitrogens with two attached hydrogens (primary N) is 1. The zero-order valence-corrected chi connectivity index (χ0v) is 12.1. The maximum Gasteiger partial charge on any atom is 0.233 e. The van der Waals surface area contributed by atoms with Crippen LogP contribution >= 0.6 is 12.2 Å². The third kappa shape index (κ3) is 2.79. The van der Waals surface area contributed by atoms with Crippen molar-refractivity contribution in [3.63, 3.8) is 0 Å². The molecule has 0 aromatic heterocycles. The second-order valence-electron chi connectivity index (χ2n) is 5.60. The quantitative estimate of drug-likeness (QED) is 0.717. The lowest BCUT2D eigenvalue weighted by molar-refractivity contribution is -0.129. The van der Waals surface area contributed by atoms with Crippen molar-refractivity contribution in [2.75, 3.05) is 0 Å². The zero-order valence-electron chi connectivity index (χ0n) is 11.3. The average molecular weight is 256 g/mol. The number of nitrogens with one attached hydrogen (secondary N) is 1. The molecule has 0 heterocycles. The van der Waals surface area contributed by atoms with E-state index in [0.29, 0.717) is 23.7 Å². The van der Waals surface area contributed by atoms with E-state index in [1.807, 2.05) is 13.8 Å². The molecule has 1 saturated carbocycles. The maximum atomic E-state index is 12.4. The molecule has 1 aliphatic rings. The van der Waals surface area contributed by atoms with Crippen molar-refractivity contribution in [1.82, 2.24) is 5.32 Å². The standard InChI is InChI=1S/C13H24N2OS/c1-5-13(6-2,10(14)17)11(16)15-12(3,4)9-7-8-9/h9H,5-8H2,1-4H3,(H2,14,17)(H,15,16). The molecule has 98 valence electrons. The lowest BCUT2D eigenvalue weighted by Crippen LogP contribution is -2.55. The number of hydrogen-bond donors (Lipinski definition) is 2. The van der Waals surface area contributed by atoms with Crippen LogP contribution in [0.15, 0.2) is 0 Å². The van der Waals surface area contributed by atoms with E-state index in [9.17, 15) is 4.79 Å². The second-order valence-corrected chi connectivity index (χ2v) is 6.04. The Labute approximate surface area is 110 Å². The van der Waals surface area contributed by atoms with E-state index < -0.39 is 5.41 Å². The Hall–Kier alpha value is -0.640. The molecule has 0 atom stereocenters. The molecule has 1 aliphatic carbocycles. The Balaban J connectivity index is 2.82. The lowest BCUT2D eigenvalue weighted by atomic mass is 9.80. The van der Waals surface area contributed by atoms with Gasteiger partial charge in [-0.15, -0.1) is 0 Å². The second kappa shape index (κ2) is 4.92. The van der Waals surface area contributed by atoms with E-state index in [2.05, 4.69) is 19.2 Å². The summed E-state index contributed by atoms with van der Waals surface area (Å²) in [6.07, 6.45) is 3.72. The Morgan fingerprint density at radius 3 is 2.12 bits per heavy atom. The minimum atomic E-state index is -0.679. The predicted molar refractivity (Wildman–Crippen MR) is 74.7 cm³/mol. The number of carbonyl (C=O) groups is 1. The average Bonchev–Trinajstić information content (AvgIpc) is 3.02. The summed E-state index contributed by atoms with van der Waals surface area (Å²) in [5.74, 6) is 0.594. The minimum absolute atomic E-state index is 0.00750.